The molecule has 1 unspecified atom stereocenters. The van der Waals surface area contributed by atoms with Crippen molar-refractivity contribution in [2.45, 2.75) is 17.1 Å². The van der Waals surface area contributed by atoms with Crippen molar-refractivity contribution >= 4 is 41.0 Å². The lowest BCUT2D eigenvalue weighted by atomic mass is 10.2. The lowest BCUT2D eigenvalue weighted by Gasteiger charge is -2.13. The number of para-hydroxylation sites is 1. The molecule has 0 radical (unpaired) electrons. The zero-order chi connectivity index (χ0) is 20.5. The molecule has 0 aromatic heterocycles. The molecule has 1 atom stereocenters. The van der Waals surface area contributed by atoms with E-state index in [1.54, 1.807) is 6.08 Å². The largest absolute Gasteiger partial charge is 0.325 e. The van der Waals surface area contributed by atoms with E-state index in [4.69, 9.17) is 0 Å². The Morgan fingerprint density at radius 1 is 0.828 bits per heavy atom. The van der Waals surface area contributed by atoms with E-state index in [2.05, 4.69) is 10.6 Å². The van der Waals surface area contributed by atoms with Crippen molar-refractivity contribution in [3.05, 3.63) is 96.6 Å². The summed E-state index contributed by atoms with van der Waals surface area (Å²) in [7, 11) is 0. The van der Waals surface area contributed by atoms with Gasteiger partial charge in [-0.05, 0) is 48.9 Å². The fourth-order valence-electron chi connectivity index (χ4n) is 2.59. The van der Waals surface area contributed by atoms with Crippen molar-refractivity contribution < 1.29 is 9.59 Å². The zero-order valence-corrected chi connectivity index (χ0v) is 16.9. The molecule has 2 N–H and O–H groups in total. The van der Waals surface area contributed by atoms with Crippen molar-refractivity contribution in [3.8, 4) is 0 Å². The van der Waals surface area contributed by atoms with Crippen molar-refractivity contribution in [2.24, 2.45) is 0 Å². The van der Waals surface area contributed by atoms with Crippen LogP contribution in [0.5, 0.6) is 0 Å². The maximum atomic E-state index is 12.4. The average molecular weight is 403 g/mol. The Kier molecular flexibility index (Phi) is 7.25. The summed E-state index contributed by atoms with van der Waals surface area (Å²) in [6, 6.07) is 26.5. The van der Waals surface area contributed by atoms with Crippen LogP contribution in [0.25, 0.3) is 6.08 Å². The highest BCUT2D eigenvalue weighted by atomic mass is 32.2. The van der Waals surface area contributed by atoms with E-state index in [0.29, 0.717) is 5.69 Å². The maximum Gasteiger partial charge on any atom is 0.248 e. The fraction of sp³-hybridized carbons (Fsp3) is 0.0833. The minimum atomic E-state index is -0.279. The first kappa shape index (κ1) is 20.4. The number of hydrogen-bond acceptors (Lipinski definition) is 3. The van der Waals surface area contributed by atoms with Crippen molar-refractivity contribution in [1.82, 2.24) is 0 Å². The third-order valence-corrected chi connectivity index (χ3v) is 5.15. The zero-order valence-electron chi connectivity index (χ0n) is 16.0. The molecular formula is C24H22N2O2S. The number of benzene rings is 3. The van der Waals surface area contributed by atoms with Crippen LogP contribution in [0.4, 0.5) is 11.4 Å². The molecule has 2 amide bonds. The van der Waals surface area contributed by atoms with Gasteiger partial charge in [-0.1, -0.05) is 54.6 Å². The fourth-order valence-corrected chi connectivity index (χ4v) is 3.52. The van der Waals surface area contributed by atoms with Crippen LogP contribution in [0.15, 0.2) is 95.9 Å². The van der Waals surface area contributed by atoms with Gasteiger partial charge in [-0.3, -0.25) is 9.59 Å². The number of carbonyl (C=O) groups excluding carboxylic acids is 2. The summed E-state index contributed by atoms with van der Waals surface area (Å²) < 4.78 is 0. The molecule has 0 aliphatic rings. The molecule has 3 aromatic rings. The lowest BCUT2D eigenvalue weighted by molar-refractivity contribution is -0.115. The molecule has 3 aromatic carbocycles. The highest BCUT2D eigenvalue weighted by Gasteiger charge is 2.14. The second-order valence-corrected chi connectivity index (χ2v) is 7.79. The van der Waals surface area contributed by atoms with E-state index < -0.39 is 0 Å². The van der Waals surface area contributed by atoms with Crippen molar-refractivity contribution in [1.29, 1.82) is 0 Å². The van der Waals surface area contributed by atoms with Gasteiger partial charge in [0.25, 0.3) is 0 Å². The van der Waals surface area contributed by atoms with Gasteiger partial charge in [0.05, 0.1) is 5.25 Å². The van der Waals surface area contributed by atoms with Crippen LogP contribution in [0.1, 0.15) is 12.5 Å². The van der Waals surface area contributed by atoms with Gasteiger partial charge >= 0.3 is 0 Å². The number of carbonyl (C=O) groups is 2. The molecule has 5 heteroatoms. The molecule has 146 valence electrons. The Labute approximate surface area is 175 Å². The Bertz CT molecular complexity index is 988. The lowest BCUT2D eigenvalue weighted by Crippen LogP contribution is -2.22. The molecule has 0 aliphatic heterocycles. The third kappa shape index (κ3) is 6.66. The van der Waals surface area contributed by atoms with Gasteiger partial charge in [-0.2, -0.15) is 0 Å². The Morgan fingerprint density at radius 3 is 2.21 bits per heavy atom. The van der Waals surface area contributed by atoms with Gasteiger partial charge in [0.15, 0.2) is 0 Å². The Hall–Kier alpha value is -3.31. The quantitative estimate of drug-likeness (QED) is 0.408. The summed E-state index contributed by atoms with van der Waals surface area (Å²) in [5.74, 6) is -0.271. The molecular weight excluding hydrogens is 380 g/mol. The van der Waals surface area contributed by atoms with Gasteiger partial charge in [0, 0.05) is 22.3 Å². The van der Waals surface area contributed by atoms with E-state index in [9.17, 15) is 9.59 Å². The maximum absolute atomic E-state index is 12.4. The molecule has 0 bridgehead atoms. The first-order valence-electron chi connectivity index (χ1n) is 9.27. The minimum absolute atomic E-state index is 0.0681. The third-order valence-electron chi connectivity index (χ3n) is 4.05. The molecule has 0 heterocycles. The first-order chi connectivity index (χ1) is 14.1. The van der Waals surface area contributed by atoms with Crippen LogP contribution in [-0.2, 0) is 9.59 Å². The second kappa shape index (κ2) is 10.3. The van der Waals surface area contributed by atoms with Crippen LogP contribution >= 0.6 is 11.8 Å². The summed E-state index contributed by atoms with van der Waals surface area (Å²) in [4.78, 5) is 25.5. The number of hydrogen-bond donors (Lipinski definition) is 2. The van der Waals surface area contributed by atoms with E-state index in [-0.39, 0.29) is 17.1 Å². The SMILES string of the molecule is CC(Sc1cccc(NC(=O)/C=C/c2ccccc2)c1)C(=O)Nc1ccccc1. The summed E-state index contributed by atoms with van der Waals surface area (Å²) >= 11 is 1.44. The van der Waals surface area contributed by atoms with E-state index in [1.807, 2.05) is 91.9 Å². The van der Waals surface area contributed by atoms with Gasteiger partial charge in [0.1, 0.15) is 0 Å². The Balaban J connectivity index is 1.56. The monoisotopic (exact) mass is 402 g/mol. The highest BCUT2D eigenvalue weighted by molar-refractivity contribution is 8.00. The van der Waals surface area contributed by atoms with E-state index in [1.165, 1.54) is 17.8 Å². The van der Waals surface area contributed by atoms with Gasteiger partial charge in [-0.15, -0.1) is 11.8 Å². The highest BCUT2D eigenvalue weighted by Crippen LogP contribution is 2.26. The number of nitrogens with one attached hydrogen (secondary N) is 2. The molecule has 0 saturated carbocycles. The van der Waals surface area contributed by atoms with Gasteiger partial charge < -0.3 is 10.6 Å². The predicted molar refractivity (Wildman–Crippen MR) is 121 cm³/mol. The second-order valence-electron chi connectivity index (χ2n) is 6.38. The van der Waals surface area contributed by atoms with Crippen LogP contribution in [0.2, 0.25) is 0 Å². The summed E-state index contributed by atoms with van der Waals surface area (Å²) in [5, 5.41) is 5.48. The van der Waals surface area contributed by atoms with Crippen LogP contribution in [-0.4, -0.2) is 17.1 Å². The molecule has 4 nitrogen and oxygen atoms in total. The molecule has 0 saturated heterocycles. The molecule has 3 rings (SSSR count). The summed E-state index contributed by atoms with van der Waals surface area (Å²) in [6.45, 7) is 1.86. The summed E-state index contributed by atoms with van der Waals surface area (Å²) in [6.07, 6.45) is 3.27. The summed E-state index contributed by atoms with van der Waals surface area (Å²) in [5.41, 5.74) is 2.43. The molecule has 29 heavy (non-hydrogen) atoms. The van der Waals surface area contributed by atoms with Crippen LogP contribution in [0, 0.1) is 0 Å². The van der Waals surface area contributed by atoms with Crippen LogP contribution < -0.4 is 10.6 Å². The smallest absolute Gasteiger partial charge is 0.248 e. The van der Waals surface area contributed by atoms with E-state index >= 15 is 0 Å². The minimum Gasteiger partial charge on any atom is -0.325 e. The van der Waals surface area contributed by atoms with Crippen molar-refractivity contribution in [2.75, 3.05) is 10.6 Å². The molecule has 0 spiro atoms. The number of anilines is 2. The number of rotatable bonds is 7. The normalized spacial score (nSPS) is 11.8. The number of amides is 2. The average Bonchev–Trinajstić information content (AvgIpc) is 2.74. The first-order valence-corrected chi connectivity index (χ1v) is 10.1. The molecule has 0 aliphatic carbocycles. The Morgan fingerprint density at radius 2 is 1.48 bits per heavy atom. The molecule has 0 fully saturated rings. The standard InChI is InChI=1S/C24H22N2O2S/c1-18(24(28)26-20-11-6-3-7-12-20)29-22-14-8-13-21(17-22)25-23(27)16-15-19-9-4-2-5-10-19/h2-18H,1H3,(H,25,27)(H,26,28)/b16-15+. The van der Waals surface area contributed by atoms with Crippen molar-refractivity contribution in [3.63, 3.8) is 0 Å². The van der Waals surface area contributed by atoms with E-state index in [0.717, 1.165) is 16.1 Å². The predicted octanol–water partition coefficient (Wildman–Crippen LogP) is 5.46. The number of thioether (sulfide) groups is 1. The topological polar surface area (TPSA) is 58.2 Å². The van der Waals surface area contributed by atoms with Crippen LogP contribution in [0.3, 0.4) is 0 Å². The van der Waals surface area contributed by atoms with Gasteiger partial charge in [-0.25, -0.2) is 0 Å². The van der Waals surface area contributed by atoms with Gasteiger partial charge in [0.2, 0.25) is 11.8 Å².